The molecule has 0 amide bonds. The van der Waals surface area contributed by atoms with Crippen LogP contribution in [0.4, 0.5) is 0 Å². The van der Waals surface area contributed by atoms with Gasteiger partial charge in [-0.15, -0.1) is 0 Å². The first-order chi connectivity index (χ1) is 9.28. The first-order valence-corrected chi connectivity index (χ1v) is 8.24. The molecule has 0 saturated carbocycles. The summed E-state index contributed by atoms with van der Waals surface area (Å²) in [4.78, 5) is 12.7. The highest BCUT2D eigenvalue weighted by Crippen LogP contribution is 2.25. The van der Waals surface area contributed by atoms with Crippen molar-refractivity contribution in [2.24, 2.45) is 0 Å². The van der Waals surface area contributed by atoms with Gasteiger partial charge < -0.3 is 4.74 Å². The van der Waals surface area contributed by atoms with Crippen molar-refractivity contribution in [1.82, 2.24) is 0 Å². The fraction of sp³-hybridized carbons (Fsp3) is 0.562. The molecule has 0 aromatic heterocycles. The van der Waals surface area contributed by atoms with Crippen LogP contribution in [0.3, 0.4) is 0 Å². The molecule has 1 aliphatic rings. The summed E-state index contributed by atoms with van der Waals surface area (Å²) in [5, 5.41) is -0.645. The van der Waals surface area contributed by atoms with Gasteiger partial charge in [0.2, 0.25) is 0 Å². The molecule has 3 nitrogen and oxygen atoms in total. The van der Waals surface area contributed by atoms with Gasteiger partial charge in [0.25, 0.3) is 0 Å². The zero-order valence-electron chi connectivity index (χ0n) is 12.6. The van der Waals surface area contributed by atoms with Crippen LogP contribution in [-0.4, -0.2) is 21.0 Å². The van der Waals surface area contributed by atoms with Crippen LogP contribution in [0.15, 0.2) is 23.1 Å². The van der Waals surface area contributed by atoms with E-state index in [-0.39, 0.29) is 0 Å². The minimum absolute atomic E-state index is 0.406. The molecule has 1 aromatic carbocycles. The number of aryl methyl sites for hydroxylation is 2. The molecule has 1 aromatic rings. The molecule has 110 valence electrons. The average molecular weight is 294 g/mol. The van der Waals surface area contributed by atoms with Crippen molar-refractivity contribution >= 4 is 16.8 Å². The van der Waals surface area contributed by atoms with Gasteiger partial charge in [-0.3, -0.25) is 9.00 Å². The number of fused-ring (bicyclic) bond motifs is 1. The Hall–Kier alpha value is -1.16. The van der Waals surface area contributed by atoms with Gasteiger partial charge >= 0.3 is 5.97 Å². The zero-order valence-corrected chi connectivity index (χ0v) is 13.4. The molecule has 0 heterocycles. The van der Waals surface area contributed by atoms with Gasteiger partial charge in [0.1, 0.15) is 10.9 Å². The van der Waals surface area contributed by atoms with Crippen molar-refractivity contribution in [3.63, 3.8) is 0 Å². The van der Waals surface area contributed by atoms with Crippen molar-refractivity contribution in [2.45, 2.75) is 62.7 Å². The quantitative estimate of drug-likeness (QED) is 0.805. The fourth-order valence-electron chi connectivity index (χ4n) is 2.35. The van der Waals surface area contributed by atoms with Crippen LogP contribution in [0.5, 0.6) is 0 Å². The number of carbonyl (C=O) groups is 1. The second-order valence-corrected chi connectivity index (χ2v) is 8.03. The van der Waals surface area contributed by atoms with Crippen molar-refractivity contribution in [3.8, 4) is 0 Å². The average Bonchev–Trinajstić information content (AvgIpc) is 2.81. The summed E-state index contributed by atoms with van der Waals surface area (Å²) in [7, 11) is -1.36. The minimum atomic E-state index is -1.36. The summed E-state index contributed by atoms with van der Waals surface area (Å²) in [5.74, 6) is -0.406. The Kier molecular flexibility index (Phi) is 4.33. The van der Waals surface area contributed by atoms with Crippen molar-refractivity contribution in [3.05, 3.63) is 29.3 Å². The van der Waals surface area contributed by atoms with Crippen molar-refractivity contribution in [1.29, 1.82) is 0 Å². The number of esters is 1. The number of carbonyl (C=O) groups excluding carboxylic acids is 1. The smallest absolute Gasteiger partial charge is 0.322 e. The molecule has 0 radical (unpaired) electrons. The number of benzene rings is 1. The molecule has 0 N–H and O–H groups in total. The molecular weight excluding hydrogens is 272 g/mol. The van der Waals surface area contributed by atoms with Crippen molar-refractivity contribution < 1.29 is 13.7 Å². The lowest BCUT2D eigenvalue weighted by Gasteiger charge is -2.22. The molecule has 0 bridgehead atoms. The fourth-order valence-corrected chi connectivity index (χ4v) is 3.44. The van der Waals surface area contributed by atoms with Gasteiger partial charge in [-0.05, 0) is 70.2 Å². The molecule has 0 aliphatic heterocycles. The van der Waals surface area contributed by atoms with Crippen LogP contribution in [-0.2, 0) is 33.2 Å². The predicted molar refractivity (Wildman–Crippen MR) is 80.2 cm³/mol. The molecule has 0 saturated heterocycles. The highest BCUT2D eigenvalue weighted by molar-refractivity contribution is 7.86. The summed E-state index contributed by atoms with van der Waals surface area (Å²) >= 11 is 0. The molecule has 2 unspecified atom stereocenters. The number of hydrogen-bond donors (Lipinski definition) is 0. The first kappa shape index (κ1) is 15.2. The Labute approximate surface area is 123 Å². The summed E-state index contributed by atoms with van der Waals surface area (Å²) in [5.41, 5.74) is 2.07. The van der Waals surface area contributed by atoms with E-state index in [4.69, 9.17) is 4.74 Å². The van der Waals surface area contributed by atoms with Gasteiger partial charge in [-0.1, -0.05) is 6.07 Å². The van der Waals surface area contributed by atoms with E-state index in [9.17, 15) is 9.00 Å². The molecule has 1 aliphatic carbocycles. The summed E-state index contributed by atoms with van der Waals surface area (Å²) in [6, 6.07) is 5.90. The molecule has 2 rings (SSSR count). The maximum atomic E-state index is 12.5. The SMILES string of the molecule is CC(C(=O)OC(C)(C)C)S(=O)c1ccc2c(c1)CCC2. The molecule has 4 heteroatoms. The highest BCUT2D eigenvalue weighted by atomic mass is 32.2. The minimum Gasteiger partial charge on any atom is -0.459 e. The van der Waals surface area contributed by atoms with Gasteiger partial charge in [0.15, 0.2) is 0 Å². The van der Waals surface area contributed by atoms with E-state index in [1.54, 1.807) is 6.92 Å². The van der Waals surface area contributed by atoms with Crippen LogP contribution in [0.1, 0.15) is 45.2 Å². The molecule has 20 heavy (non-hydrogen) atoms. The lowest BCUT2D eigenvalue weighted by atomic mass is 10.1. The van der Waals surface area contributed by atoms with Crippen LogP contribution in [0, 0.1) is 0 Å². The normalized spacial score (nSPS) is 17.4. The Morgan fingerprint density at radius 3 is 2.55 bits per heavy atom. The lowest BCUT2D eigenvalue weighted by molar-refractivity contribution is -0.153. The van der Waals surface area contributed by atoms with E-state index in [0.717, 1.165) is 24.2 Å². The monoisotopic (exact) mass is 294 g/mol. The molecule has 0 fully saturated rings. The van der Waals surface area contributed by atoms with Crippen LogP contribution >= 0.6 is 0 Å². The summed E-state index contributed by atoms with van der Waals surface area (Å²) in [6.45, 7) is 7.11. The highest BCUT2D eigenvalue weighted by Gasteiger charge is 2.27. The standard InChI is InChI=1S/C16H22O3S/c1-11(15(17)19-16(2,3)4)20(18)14-9-8-12-6-5-7-13(12)10-14/h8-11H,5-7H2,1-4H3. The maximum absolute atomic E-state index is 12.5. The third-order valence-electron chi connectivity index (χ3n) is 3.36. The van der Waals surface area contributed by atoms with E-state index in [2.05, 4.69) is 0 Å². The molecular formula is C16H22O3S. The second kappa shape index (κ2) is 5.68. The Morgan fingerprint density at radius 2 is 1.90 bits per heavy atom. The van der Waals surface area contributed by atoms with Crippen LogP contribution < -0.4 is 0 Å². The van der Waals surface area contributed by atoms with Crippen LogP contribution in [0.25, 0.3) is 0 Å². The second-order valence-electron chi connectivity index (χ2n) is 6.26. The zero-order chi connectivity index (χ0) is 14.9. The van der Waals surface area contributed by atoms with Gasteiger partial charge in [-0.25, -0.2) is 0 Å². The Bertz CT molecular complexity index is 543. The van der Waals surface area contributed by atoms with E-state index in [1.807, 2.05) is 39.0 Å². The van der Waals surface area contributed by atoms with Crippen LogP contribution in [0.2, 0.25) is 0 Å². The third kappa shape index (κ3) is 3.48. The van der Waals surface area contributed by atoms with E-state index >= 15 is 0 Å². The Balaban J connectivity index is 2.13. The third-order valence-corrected chi connectivity index (χ3v) is 4.92. The lowest BCUT2D eigenvalue weighted by Crippen LogP contribution is -2.32. The molecule has 0 spiro atoms. The Morgan fingerprint density at radius 1 is 1.25 bits per heavy atom. The topological polar surface area (TPSA) is 43.4 Å². The summed E-state index contributed by atoms with van der Waals surface area (Å²) < 4.78 is 17.8. The molecule has 2 atom stereocenters. The first-order valence-electron chi connectivity index (χ1n) is 7.03. The number of hydrogen-bond acceptors (Lipinski definition) is 3. The van der Waals surface area contributed by atoms with Gasteiger partial charge in [0, 0.05) is 4.90 Å². The largest absolute Gasteiger partial charge is 0.459 e. The van der Waals surface area contributed by atoms with Gasteiger partial charge in [0.05, 0.1) is 10.8 Å². The van der Waals surface area contributed by atoms with Crippen molar-refractivity contribution in [2.75, 3.05) is 0 Å². The number of ether oxygens (including phenoxy) is 1. The number of rotatable bonds is 3. The van der Waals surface area contributed by atoms with E-state index in [0.29, 0.717) is 0 Å². The maximum Gasteiger partial charge on any atom is 0.322 e. The van der Waals surface area contributed by atoms with Gasteiger partial charge in [-0.2, -0.15) is 0 Å². The predicted octanol–water partition coefficient (Wildman–Crippen LogP) is 3.01. The summed E-state index contributed by atoms with van der Waals surface area (Å²) in [6.07, 6.45) is 3.30. The van der Waals surface area contributed by atoms with E-state index < -0.39 is 27.6 Å². The van der Waals surface area contributed by atoms with E-state index in [1.165, 1.54) is 11.1 Å².